The maximum absolute atomic E-state index is 6.14. The van der Waals surface area contributed by atoms with Crippen molar-refractivity contribution >= 4 is 35.6 Å². The molecule has 0 radical (unpaired) electrons. The highest BCUT2D eigenvalue weighted by Crippen LogP contribution is 2.32. The Kier molecular flexibility index (Phi) is 8.00. The first-order valence-electron chi connectivity index (χ1n) is 10.0. The maximum atomic E-state index is 6.14. The lowest BCUT2D eigenvalue weighted by Gasteiger charge is -2.23. The molecule has 156 valence electrons. The third-order valence-electron chi connectivity index (χ3n) is 5.22. The summed E-state index contributed by atoms with van der Waals surface area (Å²) in [6.07, 6.45) is 3.26. The summed E-state index contributed by atoms with van der Waals surface area (Å²) in [7, 11) is 0. The minimum absolute atomic E-state index is 0. The molecule has 4 rings (SSSR count). The second kappa shape index (κ2) is 10.7. The Morgan fingerprint density at radius 3 is 2.69 bits per heavy atom. The van der Waals surface area contributed by atoms with Crippen molar-refractivity contribution in [1.29, 1.82) is 0 Å². The Balaban J connectivity index is 0.00000240. The lowest BCUT2D eigenvalue weighted by atomic mass is 10.2. The van der Waals surface area contributed by atoms with Crippen molar-refractivity contribution in [1.82, 2.24) is 4.90 Å². The molecule has 0 bridgehead atoms. The molecule has 0 amide bonds. The van der Waals surface area contributed by atoms with Gasteiger partial charge in [0.05, 0.1) is 19.8 Å². The number of rotatable bonds is 5. The van der Waals surface area contributed by atoms with Gasteiger partial charge < -0.3 is 20.5 Å². The molecule has 2 aromatic carbocycles. The zero-order valence-corrected chi connectivity index (χ0v) is 18.9. The Morgan fingerprint density at radius 2 is 1.86 bits per heavy atom. The van der Waals surface area contributed by atoms with Crippen LogP contribution in [0.5, 0.6) is 11.5 Å². The molecule has 1 atom stereocenters. The molecule has 2 heterocycles. The molecule has 0 aromatic heterocycles. The van der Waals surface area contributed by atoms with Crippen LogP contribution < -0.4 is 20.5 Å². The largest absolute Gasteiger partial charge is 0.490 e. The summed E-state index contributed by atoms with van der Waals surface area (Å²) in [6.45, 7) is 4.14. The summed E-state index contributed by atoms with van der Waals surface area (Å²) in [6, 6.07) is 16.8. The van der Waals surface area contributed by atoms with Crippen LogP contribution in [-0.2, 0) is 6.54 Å². The number of guanidine groups is 1. The van der Waals surface area contributed by atoms with Crippen LogP contribution in [0.1, 0.15) is 24.8 Å². The number of nitrogens with one attached hydrogen (secondary N) is 1. The van der Waals surface area contributed by atoms with Gasteiger partial charge in [0.25, 0.3) is 0 Å². The molecule has 6 nitrogen and oxygen atoms in total. The van der Waals surface area contributed by atoms with Crippen LogP contribution in [-0.4, -0.2) is 43.2 Å². The minimum atomic E-state index is 0. The van der Waals surface area contributed by atoms with E-state index in [-0.39, 0.29) is 24.0 Å². The third-order valence-corrected chi connectivity index (χ3v) is 5.22. The molecule has 2 aliphatic rings. The fraction of sp³-hybridized carbons (Fsp3) is 0.409. The highest BCUT2D eigenvalue weighted by Gasteiger charge is 2.24. The van der Waals surface area contributed by atoms with Gasteiger partial charge in [-0.2, -0.15) is 0 Å². The van der Waals surface area contributed by atoms with Gasteiger partial charge in [-0.25, -0.2) is 0 Å². The molecule has 1 unspecified atom stereocenters. The van der Waals surface area contributed by atoms with E-state index in [0.29, 0.717) is 31.8 Å². The zero-order valence-electron chi connectivity index (χ0n) is 16.5. The van der Waals surface area contributed by atoms with Crippen LogP contribution in [0.2, 0.25) is 0 Å². The molecule has 0 saturated carbocycles. The van der Waals surface area contributed by atoms with Crippen molar-refractivity contribution in [2.45, 2.75) is 31.8 Å². The number of nitrogens with two attached hydrogens (primary N) is 1. The third kappa shape index (κ3) is 5.99. The molecule has 3 N–H and O–H groups in total. The number of benzene rings is 2. The van der Waals surface area contributed by atoms with Crippen LogP contribution >= 0.6 is 24.0 Å². The predicted molar refractivity (Wildman–Crippen MR) is 127 cm³/mol. The normalized spacial score (nSPS) is 19.3. The van der Waals surface area contributed by atoms with E-state index in [4.69, 9.17) is 15.2 Å². The summed E-state index contributed by atoms with van der Waals surface area (Å²) in [5, 5.41) is 3.17. The highest BCUT2D eigenvalue weighted by atomic mass is 127. The van der Waals surface area contributed by atoms with Crippen molar-refractivity contribution in [3.8, 4) is 11.5 Å². The SMILES string of the molecule is I.NC(=NCC1CCCN1Cc1ccccc1)Nc1ccc2c(c1)OCCCO2. The molecule has 2 aromatic rings. The van der Waals surface area contributed by atoms with Gasteiger partial charge in [-0.3, -0.25) is 9.89 Å². The maximum Gasteiger partial charge on any atom is 0.193 e. The number of likely N-dealkylation sites (tertiary alicyclic amines) is 1. The van der Waals surface area contributed by atoms with Crippen molar-refractivity contribution < 1.29 is 9.47 Å². The van der Waals surface area contributed by atoms with Crippen molar-refractivity contribution in [3.05, 3.63) is 54.1 Å². The van der Waals surface area contributed by atoms with Gasteiger partial charge in [-0.05, 0) is 37.1 Å². The fourth-order valence-corrected chi connectivity index (χ4v) is 3.76. The quantitative estimate of drug-likeness (QED) is 0.365. The lowest BCUT2D eigenvalue weighted by Crippen LogP contribution is -2.33. The van der Waals surface area contributed by atoms with E-state index in [1.807, 2.05) is 18.2 Å². The van der Waals surface area contributed by atoms with Gasteiger partial charge in [-0.15, -0.1) is 24.0 Å². The van der Waals surface area contributed by atoms with Gasteiger partial charge in [-0.1, -0.05) is 30.3 Å². The van der Waals surface area contributed by atoms with Crippen molar-refractivity contribution in [2.75, 3.05) is 31.6 Å². The average molecular weight is 508 g/mol. The number of hydrogen-bond acceptors (Lipinski definition) is 4. The molecule has 0 aliphatic carbocycles. The number of anilines is 1. The monoisotopic (exact) mass is 508 g/mol. The Morgan fingerprint density at radius 1 is 1.07 bits per heavy atom. The molecule has 2 aliphatic heterocycles. The van der Waals surface area contributed by atoms with E-state index in [2.05, 4.69) is 45.5 Å². The first-order valence-corrected chi connectivity index (χ1v) is 10.0. The summed E-state index contributed by atoms with van der Waals surface area (Å²) >= 11 is 0. The van der Waals surface area contributed by atoms with E-state index in [0.717, 1.165) is 43.1 Å². The number of fused-ring (bicyclic) bond motifs is 1. The Hall–Kier alpha value is -2.00. The fourth-order valence-electron chi connectivity index (χ4n) is 3.76. The zero-order chi connectivity index (χ0) is 19.2. The number of nitrogens with zero attached hydrogens (tertiary/aromatic N) is 2. The van der Waals surface area contributed by atoms with E-state index in [1.165, 1.54) is 12.0 Å². The standard InChI is InChI=1S/C22H28N4O2.HI/c23-22(25-18-9-10-20-21(14-18)28-13-5-12-27-20)24-15-19-8-4-11-26(19)16-17-6-2-1-3-7-17;/h1-3,6-7,9-10,14,19H,4-5,8,11-13,15-16H2,(H3,23,24,25);1H. The summed E-state index contributed by atoms with van der Waals surface area (Å²) in [4.78, 5) is 7.09. The number of aliphatic imine (C=N–C) groups is 1. The van der Waals surface area contributed by atoms with Crippen LogP contribution in [0.15, 0.2) is 53.5 Å². The highest BCUT2D eigenvalue weighted by molar-refractivity contribution is 14.0. The van der Waals surface area contributed by atoms with Gasteiger partial charge in [0.15, 0.2) is 17.5 Å². The first-order chi connectivity index (χ1) is 13.8. The van der Waals surface area contributed by atoms with Gasteiger partial charge in [0.1, 0.15) is 0 Å². The number of halogens is 1. The molecular weight excluding hydrogens is 479 g/mol. The second-order valence-corrected chi connectivity index (χ2v) is 7.32. The average Bonchev–Trinajstić information content (AvgIpc) is 3.01. The Labute approximate surface area is 189 Å². The van der Waals surface area contributed by atoms with Crippen LogP contribution in [0.4, 0.5) is 5.69 Å². The van der Waals surface area contributed by atoms with E-state index in [9.17, 15) is 0 Å². The summed E-state index contributed by atoms with van der Waals surface area (Å²) in [5.74, 6) is 1.96. The molecule has 7 heteroatoms. The molecule has 1 saturated heterocycles. The molecular formula is C22H29IN4O2. The Bertz CT molecular complexity index is 816. The van der Waals surface area contributed by atoms with E-state index in [1.54, 1.807) is 0 Å². The molecule has 29 heavy (non-hydrogen) atoms. The molecule has 0 spiro atoms. The number of hydrogen-bond donors (Lipinski definition) is 2. The van der Waals surface area contributed by atoms with Crippen LogP contribution in [0.25, 0.3) is 0 Å². The van der Waals surface area contributed by atoms with Crippen LogP contribution in [0.3, 0.4) is 0 Å². The molecule has 1 fully saturated rings. The van der Waals surface area contributed by atoms with E-state index < -0.39 is 0 Å². The minimum Gasteiger partial charge on any atom is -0.490 e. The van der Waals surface area contributed by atoms with Gasteiger partial charge in [0.2, 0.25) is 0 Å². The smallest absolute Gasteiger partial charge is 0.193 e. The summed E-state index contributed by atoms with van der Waals surface area (Å²) in [5.41, 5.74) is 8.34. The van der Waals surface area contributed by atoms with Crippen LogP contribution in [0, 0.1) is 0 Å². The second-order valence-electron chi connectivity index (χ2n) is 7.32. The topological polar surface area (TPSA) is 72.1 Å². The van der Waals surface area contributed by atoms with Crippen molar-refractivity contribution in [3.63, 3.8) is 0 Å². The van der Waals surface area contributed by atoms with Gasteiger partial charge in [0, 0.05) is 30.8 Å². The van der Waals surface area contributed by atoms with Crippen molar-refractivity contribution in [2.24, 2.45) is 10.7 Å². The predicted octanol–water partition coefficient (Wildman–Crippen LogP) is 3.86. The van der Waals surface area contributed by atoms with Gasteiger partial charge >= 0.3 is 0 Å². The number of ether oxygens (including phenoxy) is 2. The lowest BCUT2D eigenvalue weighted by molar-refractivity contribution is 0.250. The summed E-state index contributed by atoms with van der Waals surface area (Å²) < 4.78 is 11.4. The first kappa shape index (κ1) is 21.7. The van der Waals surface area contributed by atoms with E-state index >= 15 is 0 Å².